The van der Waals surface area contributed by atoms with Gasteiger partial charge in [-0.05, 0) is 12.8 Å². The van der Waals surface area contributed by atoms with E-state index in [9.17, 15) is 4.79 Å². The first kappa shape index (κ1) is 10.5. The van der Waals surface area contributed by atoms with E-state index >= 15 is 0 Å². The van der Waals surface area contributed by atoms with Crippen molar-refractivity contribution >= 4 is 5.91 Å². The molecule has 0 aromatic carbocycles. The van der Waals surface area contributed by atoms with Gasteiger partial charge in [-0.2, -0.15) is 0 Å². The van der Waals surface area contributed by atoms with Gasteiger partial charge in [-0.25, -0.2) is 0 Å². The van der Waals surface area contributed by atoms with Gasteiger partial charge in [0, 0.05) is 32.7 Å². The highest BCUT2D eigenvalue weighted by molar-refractivity contribution is 5.76. The summed E-state index contributed by atoms with van der Waals surface area (Å²) in [6, 6.07) is 0.331. The summed E-state index contributed by atoms with van der Waals surface area (Å²) in [5.74, 6) is 0.160. The number of hydrogen-bond donors (Lipinski definition) is 2. The maximum absolute atomic E-state index is 11.1. The number of carbonyl (C=O) groups is 1. The largest absolute Gasteiger partial charge is 0.383 e. The van der Waals surface area contributed by atoms with Crippen LogP contribution in [0.1, 0.15) is 19.3 Å². The molecule has 76 valence electrons. The van der Waals surface area contributed by atoms with E-state index in [1.165, 1.54) is 0 Å². The molecule has 0 aromatic rings. The Labute approximate surface area is 79.0 Å². The monoisotopic (exact) mass is 186 g/mol. The number of nitrogens with one attached hydrogen (secondary N) is 2. The number of ether oxygens (including phenoxy) is 1. The Hall–Kier alpha value is -0.610. The van der Waals surface area contributed by atoms with Gasteiger partial charge in [0.2, 0.25) is 5.91 Å². The van der Waals surface area contributed by atoms with Crippen molar-refractivity contribution in [2.24, 2.45) is 0 Å². The number of amides is 1. The van der Waals surface area contributed by atoms with Gasteiger partial charge in [-0.1, -0.05) is 0 Å². The molecule has 4 nitrogen and oxygen atoms in total. The normalized spacial score (nSPS) is 23.8. The first-order chi connectivity index (χ1) is 6.33. The molecule has 2 N–H and O–H groups in total. The lowest BCUT2D eigenvalue weighted by atomic mass is 10.1. The smallest absolute Gasteiger partial charge is 0.221 e. The third-order valence-corrected chi connectivity index (χ3v) is 2.22. The second kappa shape index (κ2) is 5.94. The van der Waals surface area contributed by atoms with Crippen molar-refractivity contribution in [1.29, 1.82) is 0 Å². The Balaban J connectivity index is 2.19. The summed E-state index contributed by atoms with van der Waals surface area (Å²) in [6.07, 6.45) is 2.74. The Morgan fingerprint density at radius 3 is 3.31 bits per heavy atom. The molecule has 1 amide bonds. The maximum atomic E-state index is 11.1. The minimum Gasteiger partial charge on any atom is -0.383 e. The number of rotatable bonds is 4. The molecule has 1 saturated heterocycles. The summed E-state index contributed by atoms with van der Waals surface area (Å²) in [7, 11) is 1.68. The van der Waals surface area contributed by atoms with E-state index in [1.54, 1.807) is 7.11 Å². The van der Waals surface area contributed by atoms with Gasteiger partial charge in [0.1, 0.15) is 0 Å². The van der Waals surface area contributed by atoms with E-state index in [2.05, 4.69) is 10.6 Å². The maximum Gasteiger partial charge on any atom is 0.221 e. The Bertz CT molecular complexity index is 162. The Morgan fingerprint density at radius 1 is 1.69 bits per heavy atom. The molecule has 1 aliphatic rings. The minimum absolute atomic E-state index is 0.160. The van der Waals surface area contributed by atoms with Crippen LogP contribution in [0.15, 0.2) is 0 Å². The number of methoxy groups -OCH3 is 1. The van der Waals surface area contributed by atoms with Crippen LogP contribution in [-0.4, -0.2) is 38.8 Å². The minimum atomic E-state index is 0.160. The van der Waals surface area contributed by atoms with Gasteiger partial charge in [0.25, 0.3) is 0 Å². The zero-order valence-electron chi connectivity index (χ0n) is 8.14. The predicted molar refractivity (Wildman–Crippen MR) is 50.5 cm³/mol. The van der Waals surface area contributed by atoms with E-state index in [4.69, 9.17) is 4.74 Å². The van der Waals surface area contributed by atoms with Crippen LogP contribution in [0.2, 0.25) is 0 Å². The second-order valence-electron chi connectivity index (χ2n) is 3.34. The van der Waals surface area contributed by atoms with Crippen molar-refractivity contribution in [2.75, 3.05) is 26.8 Å². The first-order valence-electron chi connectivity index (χ1n) is 4.82. The molecule has 1 rings (SSSR count). The second-order valence-corrected chi connectivity index (χ2v) is 3.34. The van der Waals surface area contributed by atoms with Crippen molar-refractivity contribution in [3.05, 3.63) is 0 Å². The molecule has 1 fully saturated rings. The summed E-state index contributed by atoms with van der Waals surface area (Å²) in [4.78, 5) is 11.1. The lowest BCUT2D eigenvalue weighted by Gasteiger charge is -2.14. The SMILES string of the molecule is COCCNC1CCCNC(=O)C1. The van der Waals surface area contributed by atoms with Crippen LogP contribution in [0.4, 0.5) is 0 Å². The molecule has 1 unspecified atom stereocenters. The van der Waals surface area contributed by atoms with E-state index in [0.29, 0.717) is 19.1 Å². The third-order valence-electron chi connectivity index (χ3n) is 2.22. The molecule has 0 saturated carbocycles. The lowest BCUT2D eigenvalue weighted by molar-refractivity contribution is -0.121. The molecule has 0 spiro atoms. The van der Waals surface area contributed by atoms with Gasteiger partial charge in [0.15, 0.2) is 0 Å². The van der Waals surface area contributed by atoms with Crippen molar-refractivity contribution in [2.45, 2.75) is 25.3 Å². The number of carbonyl (C=O) groups excluding carboxylic acids is 1. The third kappa shape index (κ3) is 4.24. The van der Waals surface area contributed by atoms with Crippen LogP contribution in [0.25, 0.3) is 0 Å². The average Bonchev–Trinajstić information content (AvgIpc) is 2.31. The molecule has 0 aliphatic carbocycles. The Kier molecular flexibility index (Phi) is 4.78. The van der Waals surface area contributed by atoms with E-state index < -0.39 is 0 Å². The molecule has 1 aliphatic heterocycles. The topological polar surface area (TPSA) is 50.4 Å². The fourth-order valence-electron chi connectivity index (χ4n) is 1.51. The average molecular weight is 186 g/mol. The number of hydrogen-bond acceptors (Lipinski definition) is 3. The molecule has 0 bridgehead atoms. The summed E-state index contributed by atoms with van der Waals surface area (Å²) in [5, 5.41) is 6.16. The van der Waals surface area contributed by atoms with Gasteiger partial charge < -0.3 is 15.4 Å². The van der Waals surface area contributed by atoms with Gasteiger partial charge >= 0.3 is 0 Å². The molecule has 0 aromatic heterocycles. The lowest BCUT2D eigenvalue weighted by Crippen LogP contribution is -2.34. The molecular weight excluding hydrogens is 168 g/mol. The molecule has 0 radical (unpaired) electrons. The first-order valence-corrected chi connectivity index (χ1v) is 4.82. The fraction of sp³-hybridized carbons (Fsp3) is 0.889. The zero-order chi connectivity index (χ0) is 9.52. The van der Waals surface area contributed by atoms with Crippen LogP contribution in [0, 0.1) is 0 Å². The standard InChI is InChI=1S/C9H18N2O2/c1-13-6-5-10-8-3-2-4-11-9(12)7-8/h8,10H,2-7H2,1H3,(H,11,12). The van der Waals surface area contributed by atoms with Crippen molar-refractivity contribution in [1.82, 2.24) is 10.6 Å². The molecule has 4 heteroatoms. The Morgan fingerprint density at radius 2 is 2.54 bits per heavy atom. The molecule has 13 heavy (non-hydrogen) atoms. The van der Waals surface area contributed by atoms with Gasteiger partial charge in [-0.3, -0.25) is 4.79 Å². The van der Waals surface area contributed by atoms with Crippen LogP contribution >= 0.6 is 0 Å². The highest BCUT2D eigenvalue weighted by Crippen LogP contribution is 2.05. The molecule has 1 heterocycles. The van der Waals surface area contributed by atoms with E-state index in [-0.39, 0.29) is 5.91 Å². The summed E-state index contributed by atoms with van der Waals surface area (Å²) in [5.41, 5.74) is 0. The fourth-order valence-corrected chi connectivity index (χ4v) is 1.51. The van der Waals surface area contributed by atoms with E-state index in [1.807, 2.05) is 0 Å². The van der Waals surface area contributed by atoms with Crippen molar-refractivity contribution in [3.8, 4) is 0 Å². The van der Waals surface area contributed by atoms with Gasteiger partial charge in [-0.15, -0.1) is 0 Å². The quantitative estimate of drug-likeness (QED) is 0.602. The van der Waals surface area contributed by atoms with Gasteiger partial charge in [0.05, 0.1) is 6.61 Å². The van der Waals surface area contributed by atoms with Crippen LogP contribution < -0.4 is 10.6 Å². The zero-order valence-corrected chi connectivity index (χ0v) is 8.14. The van der Waals surface area contributed by atoms with E-state index in [0.717, 1.165) is 25.9 Å². The molecular formula is C9H18N2O2. The summed E-state index contributed by atoms with van der Waals surface area (Å²) >= 11 is 0. The highest BCUT2D eigenvalue weighted by Gasteiger charge is 2.15. The summed E-state index contributed by atoms with van der Waals surface area (Å²) < 4.78 is 4.93. The molecule has 1 atom stereocenters. The van der Waals surface area contributed by atoms with Crippen LogP contribution in [0.5, 0.6) is 0 Å². The predicted octanol–water partition coefficient (Wildman–Crippen LogP) is -0.109. The van der Waals surface area contributed by atoms with Crippen molar-refractivity contribution in [3.63, 3.8) is 0 Å². The van der Waals surface area contributed by atoms with Crippen molar-refractivity contribution < 1.29 is 9.53 Å². The van der Waals surface area contributed by atoms with Crippen LogP contribution in [-0.2, 0) is 9.53 Å². The van der Waals surface area contributed by atoms with Crippen LogP contribution in [0.3, 0.4) is 0 Å². The summed E-state index contributed by atoms with van der Waals surface area (Å²) in [6.45, 7) is 2.36. The highest BCUT2D eigenvalue weighted by atomic mass is 16.5.